The van der Waals surface area contributed by atoms with Gasteiger partial charge in [0.15, 0.2) is 0 Å². The molecule has 0 aliphatic heterocycles. The summed E-state index contributed by atoms with van der Waals surface area (Å²) in [6.45, 7) is 0. The number of hydrogen-bond acceptors (Lipinski definition) is 3. The van der Waals surface area contributed by atoms with Crippen molar-refractivity contribution in [2.45, 2.75) is 11.9 Å². The maximum atomic E-state index is 12.2. The molecule has 0 N–H and O–H groups in total. The molecule has 10 heteroatoms. The highest BCUT2D eigenvalue weighted by Gasteiger charge is 2.32. The Morgan fingerprint density at radius 1 is 1.11 bits per heavy atom. The molecule has 1 aromatic carbocycles. The lowest BCUT2D eigenvalue weighted by molar-refractivity contribution is -0.274. The third kappa shape index (κ3) is 3.69. The fraction of sp³-hybridized carbons (Fsp3) is 0.222. The lowest BCUT2D eigenvalue weighted by Gasteiger charge is -2.09. The van der Waals surface area contributed by atoms with Crippen LogP contribution in [0.15, 0.2) is 24.4 Å². The molecular formula is C9H4F6N2OS. The van der Waals surface area contributed by atoms with Crippen LogP contribution in [0.1, 0.15) is 0 Å². The van der Waals surface area contributed by atoms with Gasteiger partial charge in [0.25, 0.3) is 0 Å². The first kappa shape index (κ1) is 13.8. The van der Waals surface area contributed by atoms with Crippen LogP contribution in [0.2, 0.25) is 0 Å². The predicted molar refractivity (Wildman–Crippen MR) is 55.5 cm³/mol. The Kier molecular flexibility index (Phi) is 3.29. The van der Waals surface area contributed by atoms with Crippen LogP contribution in [0.5, 0.6) is 5.75 Å². The Morgan fingerprint density at radius 3 is 2.37 bits per heavy atom. The van der Waals surface area contributed by atoms with Gasteiger partial charge in [0, 0.05) is 5.39 Å². The minimum absolute atomic E-state index is 0.0387. The fourth-order valence-electron chi connectivity index (χ4n) is 1.35. The number of halogens is 6. The summed E-state index contributed by atoms with van der Waals surface area (Å²) in [5.74, 6) is -0.517. The molecule has 3 nitrogen and oxygen atoms in total. The van der Waals surface area contributed by atoms with Crippen LogP contribution in [-0.2, 0) is 0 Å². The van der Waals surface area contributed by atoms with Gasteiger partial charge in [0.2, 0.25) is 0 Å². The average molecular weight is 302 g/mol. The van der Waals surface area contributed by atoms with E-state index in [0.717, 1.165) is 24.4 Å². The highest BCUT2D eigenvalue weighted by atomic mass is 32.2. The molecule has 0 bridgehead atoms. The third-order valence-electron chi connectivity index (χ3n) is 1.93. The van der Waals surface area contributed by atoms with Crippen molar-refractivity contribution in [2.24, 2.45) is 0 Å². The molecule has 0 atom stereocenters. The molecular weight excluding hydrogens is 298 g/mol. The van der Waals surface area contributed by atoms with E-state index in [-0.39, 0.29) is 10.9 Å². The number of alkyl halides is 6. The molecule has 0 spiro atoms. The van der Waals surface area contributed by atoms with Crippen LogP contribution < -0.4 is 4.74 Å². The molecule has 1 heterocycles. The van der Waals surface area contributed by atoms with Crippen molar-refractivity contribution in [3.8, 4) is 5.75 Å². The minimum Gasteiger partial charge on any atom is -0.406 e. The zero-order chi connectivity index (χ0) is 14.3. The maximum Gasteiger partial charge on any atom is 0.573 e. The van der Waals surface area contributed by atoms with Gasteiger partial charge in [0.05, 0.1) is 23.7 Å². The van der Waals surface area contributed by atoms with E-state index in [2.05, 4.69) is 9.84 Å². The maximum absolute atomic E-state index is 12.2. The first-order valence-corrected chi connectivity index (χ1v) is 5.41. The zero-order valence-electron chi connectivity index (χ0n) is 8.79. The molecule has 0 amide bonds. The average Bonchev–Trinajstić information content (AvgIpc) is 2.56. The van der Waals surface area contributed by atoms with Gasteiger partial charge in [-0.1, -0.05) is 0 Å². The van der Waals surface area contributed by atoms with Crippen molar-refractivity contribution >= 4 is 22.9 Å². The van der Waals surface area contributed by atoms with E-state index >= 15 is 0 Å². The van der Waals surface area contributed by atoms with E-state index in [1.165, 1.54) is 0 Å². The van der Waals surface area contributed by atoms with Gasteiger partial charge in [-0.15, -0.1) is 13.2 Å². The topological polar surface area (TPSA) is 27.1 Å². The number of hydrogen-bond donors (Lipinski definition) is 0. The van der Waals surface area contributed by atoms with Gasteiger partial charge < -0.3 is 4.74 Å². The summed E-state index contributed by atoms with van der Waals surface area (Å²) in [6.07, 6.45) is -3.83. The van der Waals surface area contributed by atoms with Crippen molar-refractivity contribution in [3.05, 3.63) is 24.4 Å². The summed E-state index contributed by atoms with van der Waals surface area (Å²) in [7, 11) is 0. The van der Waals surface area contributed by atoms with Crippen LogP contribution in [0.25, 0.3) is 10.9 Å². The van der Waals surface area contributed by atoms with E-state index in [0.29, 0.717) is 4.09 Å². The lowest BCUT2D eigenvalue weighted by atomic mass is 10.2. The lowest BCUT2D eigenvalue weighted by Crippen LogP contribution is -2.16. The largest absolute Gasteiger partial charge is 0.573 e. The molecule has 2 rings (SSSR count). The van der Waals surface area contributed by atoms with Crippen LogP contribution in [0, 0.1) is 0 Å². The van der Waals surface area contributed by atoms with Gasteiger partial charge in [0.1, 0.15) is 5.75 Å². The fourth-order valence-corrected chi connectivity index (χ4v) is 1.91. The zero-order valence-corrected chi connectivity index (χ0v) is 9.60. The number of aromatic nitrogens is 2. The molecule has 104 valence electrons. The second-order valence-electron chi connectivity index (χ2n) is 3.32. The number of rotatable bonds is 2. The third-order valence-corrected chi connectivity index (χ3v) is 2.60. The number of nitrogens with zero attached hydrogens (tertiary/aromatic N) is 2. The van der Waals surface area contributed by atoms with Crippen LogP contribution in [-0.4, -0.2) is 21.1 Å². The van der Waals surface area contributed by atoms with Gasteiger partial charge in [-0.25, -0.2) is 0 Å². The molecule has 0 fully saturated rings. The monoisotopic (exact) mass is 302 g/mol. The normalized spacial score (nSPS) is 12.9. The van der Waals surface area contributed by atoms with E-state index in [4.69, 9.17) is 0 Å². The number of benzene rings is 1. The van der Waals surface area contributed by atoms with Gasteiger partial charge in [-0.3, -0.25) is 0 Å². The first-order chi connectivity index (χ1) is 8.64. The van der Waals surface area contributed by atoms with Crippen molar-refractivity contribution in [1.29, 1.82) is 0 Å². The minimum atomic E-state index is -4.86. The highest BCUT2D eigenvalue weighted by molar-refractivity contribution is 7.98. The quantitative estimate of drug-likeness (QED) is 0.786. The first-order valence-electron chi connectivity index (χ1n) is 4.64. The summed E-state index contributed by atoms with van der Waals surface area (Å²) in [4.78, 5) is 0. The summed E-state index contributed by atoms with van der Waals surface area (Å²) in [5.41, 5.74) is -4.50. The SMILES string of the molecule is FC(F)(F)Oc1ccc2c(cnn2SC(F)(F)F)c1. The molecule has 0 unspecified atom stereocenters. The van der Waals surface area contributed by atoms with E-state index < -0.39 is 29.6 Å². The molecule has 0 aliphatic carbocycles. The van der Waals surface area contributed by atoms with Crippen LogP contribution in [0.4, 0.5) is 26.3 Å². The molecule has 0 saturated carbocycles. The second kappa shape index (κ2) is 4.51. The Bertz CT molecular complexity index is 590. The second-order valence-corrected chi connectivity index (χ2v) is 4.31. The molecule has 0 radical (unpaired) electrons. The van der Waals surface area contributed by atoms with Crippen molar-refractivity contribution in [2.75, 3.05) is 0 Å². The molecule has 0 aliphatic rings. The summed E-state index contributed by atoms with van der Waals surface area (Å²) >= 11 is -0.502. The summed E-state index contributed by atoms with van der Waals surface area (Å²) in [5, 5.41) is 3.55. The van der Waals surface area contributed by atoms with Crippen molar-refractivity contribution in [1.82, 2.24) is 9.19 Å². The Balaban J connectivity index is 2.32. The van der Waals surface area contributed by atoms with Crippen molar-refractivity contribution < 1.29 is 31.1 Å². The van der Waals surface area contributed by atoms with Crippen LogP contribution >= 0.6 is 11.9 Å². The molecule has 1 aromatic heterocycles. The molecule has 2 aromatic rings. The smallest absolute Gasteiger partial charge is 0.406 e. The summed E-state index contributed by atoms with van der Waals surface area (Å²) < 4.78 is 76.7. The number of fused-ring (bicyclic) bond motifs is 1. The molecule has 19 heavy (non-hydrogen) atoms. The Labute approximate surface area is 106 Å². The van der Waals surface area contributed by atoms with E-state index in [1.54, 1.807) is 0 Å². The Morgan fingerprint density at radius 2 is 1.79 bits per heavy atom. The summed E-state index contributed by atoms with van der Waals surface area (Å²) in [6, 6.07) is 2.95. The predicted octanol–water partition coefficient (Wildman–Crippen LogP) is 3.95. The van der Waals surface area contributed by atoms with E-state index in [9.17, 15) is 26.3 Å². The van der Waals surface area contributed by atoms with E-state index in [1.807, 2.05) is 0 Å². The highest BCUT2D eigenvalue weighted by Crippen LogP contribution is 2.34. The van der Waals surface area contributed by atoms with Gasteiger partial charge in [-0.05, 0) is 18.2 Å². The Hall–Kier alpha value is -1.58. The van der Waals surface area contributed by atoms with Gasteiger partial charge >= 0.3 is 11.9 Å². The molecule has 0 saturated heterocycles. The van der Waals surface area contributed by atoms with Gasteiger partial charge in [-0.2, -0.15) is 22.4 Å². The van der Waals surface area contributed by atoms with Crippen molar-refractivity contribution in [3.63, 3.8) is 0 Å². The number of ether oxygens (including phenoxy) is 1. The standard InChI is InChI=1S/C9H4F6N2OS/c10-8(11,12)18-6-1-2-7-5(3-6)4-16-17(7)19-9(13,14)15/h1-4H. The van der Waals surface area contributed by atoms with Crippen LogP contribution in [0.3, 0.4) is 0 Å².